The second-order valence-corrected chi connectivity index (χ2v) is 6.09. The average Bonchev–Trinajstić information content (AvgIpc) is 2.48. The van der Waals surface area contributed by atoms with Gasteiger partial charge in [0.25, 0.3) is 5.91 Å². The van der Waals surface area contributed by atoms with Crippen molar-refractivity contribution in [3.8, 4) is 0 Å². The van der Waals surface area contributed by atoms with Crippen LogP contribution in [0.5, 0.6) is 0 Å². The molecule has 0 aromatic heterocycles. The summed E-state index contributed by atoms with van der Waals surface area (Å²) in [5, 5.41) is 3.72. The molecule has 1 aromatic carbocycles. The summed E-state index contributed by atoms with van der Waals surface area (Å²) in [7, 11) is 0. The predicted octanol–water partition coefficient (Wildman–Crippen LogP) is 2.50. The fourth-order valence-electron chi connectivity index (χ4n) is 2.91. The maximum Gasteiger partial charge on any atom is 0.256 e. The van der Waals surface area contributed by atoms with Gasteiger partial charge in [0.2, 0.25) is 5.91 Å². The van der Waals surface area contributed by atoms with Crippen LogP contribution < -0.4 is 11.1 Å². The number of nitrogens with one attached hydrogen (secondary N) is 1. The van der Waals surface area contributed by atoms with Crippen LogP contribution in [0.1, 0.15) is 36.5 Å². The van der Waals surface area contributed by atoms with Crippen LogP contribution in [0.2, 0.25) is 5.02 Å². The molecule has 5 nitrogen and oxygen atoms in total. The van der Waals surface area contributed by atoms with E-state index in [0.29, 0.717) is 30.1 Å². The zero-order valence-electron chi connectivity index (χ0n) is 12.8. The van der Waals surface area contributed by atoms with Gasteiger partial charge in [0.15, 0.2) is 0 Å². The van der Waals surface area contributed by atoms with E-state index < -0.39 is 0 Å². The van der Waals surface area contributed by atoms with E-state index in [0.717, 1.165) is 25.1 Å². The first kappa shape index (κ1) is 16.6. The molecule has 1 heterocycles. The molecule has 0 bridgehead atoms. The number of piperidine rings is 1. The first-order valence-corrected chi connectivity index (χ1v) is 8.00. The van der Waals surface area contributed by atoms with Gasteiger partial charge in [0, 0.05) is 36.8 Å². The summed E-state index contributed by atoms with van der Waals surface area (Å²) in [4.78, 5) is 25.7. The first-order chi connectivity index (χ1) is 10.5. The standard InChI is InChI=1S/C16H22ClN3O2/c1-2-19-14-6-5-12(17)9-13(14)16(22)20-7-3-4-11(10-20)8-15(18)21/h5-6,9,11,19H,2-4,7-8,10H2,1H3,(H2,18,21)/t11-/m1/s1. The Hall–Kier alpha value is -1.75. The van der Waals surface area contributed by atoms with Gasteiger partial charge >= 0.3 is 0 Å². The Morgan fingerprint density at radius 2 is 2.23 bits per heavy atom. The number of halogens is 1. The number of primary amides is 1. The highest BCUT2D eigenvalue weighted by atomic mass is 35.5. The number of likely N-dealkylation sites (tertiary alicyclic amines) is 1. The average molecular weight is 324 g/mol. The third-order valence-electron chi connectivity index (χ3n) is 3.88. The maximum absolute atomic E-state index is 12.8. The highest BCUT2D eigenvalue weighted by Crippen LogP contribution is 2.26. The third kappa shape index (κ3) is 4.13. The molecule has 0 spiro atoms. The van der Waals surface area contributed by atoms with Crippen LogP contribution >= 0.6 is 11.6 Å². The number of anilines is 1. The Balaban J connectivity index is 2.16. The normalized spacial score (nSPS) is 18.1. The molecule has 6 heteroatoms. The monoisotopic (exact) mass is 323 g/mol. The lowest BCUT2D eigenvalue weighted by atomic mass is 9.94. The molecule has 1 aliphatic rings. The van der Waals surface area contributed by atoms with E-state index in [4.69, 9.17) is 17.3 Å². The number of carbonyl (C=O) groups is 2. The van der Waals surface area contributed by atoms with Crippen LogP contribution in [-0.2, 0) is 4.79 Å². The molecule has 0 unspecified atom stereocenters. The summed E-state index contributed by atoms with van der Waals surface area (Å²) >= 11 is 6.04. The molecule has 0 radical (unpaired) electrons. The fraction of sp³-hybridized carbons (Fsp3) is 0.500. The van der Waals surface area contributed by atoms with Gasteiger partial charge < -0.3 is 16.0 Å². The van der Waals surface area contributed by atoms with Crippen molar-refractivity contribution in [2.75, 3.05) is 25.0 Å². The van der Waals surface area contributed by atoms with E-state index in [1.807, 2.05) is 13.0 Å². The molecule has 1 aromatic rings. The molecule has 2 amide bonds. The Morgan fingerprint density at radius 1 is 1.45 bits per heavy atom. The zero-order valence-corrected chi connectivity index (χ0v) is 13.5. The van der Waals surface area contributed by atoms with E-state index in [1.165, 1.54) is 0 Å². The van der Waals surface area contributed by atoms with Crippen LogP contribution in [0.25, 0.3) is 0 Å². The summed E-state index contributed by atoms with van der Waals surface area (Å²) in [5.74, 6) is -0.208. The Bertz CT molecular complexity index is 562. The van der Waals surface area contributed by atoms with Crippen LogP contribution in [0.4, 0.5) is 5.69 Å². The van der Waals surface area contributed by atoms with Crippen LogP contribution in [0.15, 0.2) is 18.2 Å². The van der Waals surface area contributed by atoms with Crippen LogP contribution in [0, 0.1) is 5.92 Å². The summed E-state index contributed by atoms with van der Waals surface area (Å²) < 4.78 is 0. The molecule has 1 saturated heterocycles. The lowest BCUT2D eigenvalue weighted by molar-refractivity contribution is -0.119. The van der Waals surface area contributed by atoms with Gasteiger partial charge in [-0.15, -0.1) is 0 Å². The van der Waals surface area contributed by atoms with Crippen molar-refractivity contribution >= 4 is 29.1 Å². The maximum atomic E-state index is 12.8. The summed E-state index contributed by atoms with van der Waals surface area (Å²) in [6, 6.07) is 5.28. The first-order valence-electron chi connectivity index (χ1n) is 7.62. The Labute approximate surface area is 135 Å². The zero-order chi connectivity index (χ0) is 16.1. The van der Waals surface area contributed by atoms with Crippen molar-refractivity contribution in [1.29, 1.82) is 0 Å². The number of carbonyl (C=O) groups excluding carboxylic acids is 2. The van der Waals surface area contributed by atoms with Gasteiger partial charge in [-0.2, -0.15) is 0 Å². The second kappa shape index (κ2) is 7.49. The van der Waals surface area contributed by atoms with E-state index in [2.05, 4.69) is 5.32 Å². The molecule has 0 aliphatic carbocycles. The van der Waals surface area contributed by atoms with E-state index in [-0.39, 0.29) is 17.7 Å². The van der Waals surface area contributed by atoms with Crippen molar-refractivity contribution in [3.05, 3.63) is 28.8 Å². The number of nitrogens with zero attached hydrogens (tertiary/aromatic N) is 1. The van der Waals surface area contributed by atoms with Gasteiger partial charge in [-0.1, -0.05) is 11.6 Å². The molecule has 0 saturated carbocycles. The fourth-order valence-corrected chi connectivity index (χ4v) is 3.08. The molecule has 1 fully saturated rings. The molecule has 1 atom stereocenters. The highest BCUT2D eigenvalue weighted by molar-refractivity contribution is 6.31. The van der Waals surface area contributed by atoms with Gasteiger partial charge in [-0.3, -0.25) is 9.59 Å². The summed E-state index contributed by atoms with van der Waals surface area (Å²) in [6.45, 7) is 3.98. The van der Waals surface area contributed by atoms with Crippen molar-refractivity contribution in [1.82, 2.24) is 4.90 Å². The van der Waals surface area contributed by atoms with Crippen LogP contribution in [-0.4, -0.2) is 36.3 Å². The lowest BCUT2D eigenvalue weighted by Crippen LogP contribution is -2.41. The number of nitrogens with two attached hydrogens (primary N) is 1. The molecule has 3 N–H and O–H groups in total. The second-order valence-electron chi connectivity index (χ2n) is 5.65. The SMILES string of the molecule is CCNc1ccc(Cl)cc1C(=O)N1CCC[C@H](CC(N)=O)C1. The summed E-state index contributed by atoms with van der Waals surface area (Å²) in [5.41, 5.74) is 6.63. The topological polar surface area (TPSA) is 75.4 Å². The molecule has 2 rings (SSSR count). The minimum atomic E-state index is -0.310. The van der Waals surface area contributed by atoms with Crippen molar-refractivity contribution in [2.45, 2.75) is 26.2 Å². The summed E-state index contributed by atoms with van der Waals surface area (Å²) in [6.07, 6.45) is 2.16. The van der Waals surface area contributed by atoms with Gasteiger partial charge in [-0.05, 0) is 43.9 Å². The quantitative estimate of drug-likeness (QED) is 0.874. The molecular formula is C16H22ClN3O2. The van der Waals surface area contributed by atoms with Crippen molar-refractivity contribution in [3.63, 3.8) is 0 Å². The minimum Gasteiger partial charge on any atom is -0.385 e. The predicted molar refractivity (Wildman–Crippen MR) is 88.1 cm³/mol. The van der Waals surface area contributed by atoms with Crippen LogP contribution in [0.3, 0.4) is 0 Å². The number of benzene rings is 1. The Kier molecular flexibility index (Phi) is 5.66. The highest BCUT2D eigenvalue weighted by Gasteiger charge is 2.26. The smallest absolute Gasteiger partial charge is 0.256 e. The van der Waals surface area contributed by atoms with Crippen molar-refractivity contribution < 1.29 is 9.59 Å². The number of amides is 2. The number of hydrogen-bond acceptors (Lipinski definition) is 3. The van der Waals surface area contributed by atoms with E-state index >= 15 is 0 Å². The molecule has 120 valence electrons. The molecule has 1 aliphatic heterocycles. The largest absolute Gasteiger partial charge is 0.385 e. The minimum absolute atomic E-state index is 0.0485. The lowest BCUT2D eigenvalue weighted by Gasteiger charge is -2.32. The van der Waals surface area contributed by atoms with Crippen molar-refractivity contribution in [2.24, 2.45) is 11.7 Å². The molecule has 22 heavy (non-hydrogen) atoms. The van der Waals surface area contributed by atoms with E-state index in [1.54, 1.807) is 17.0 Å². The van der Waals surface area contributed by atoms with E-state index in [9.17, 15) is 9.59 Å². The van der Waals surface area contributed by atoms with Gasteiger partial charge in [0.1, 0.15) is 0 Å². The number of hydrogen-bond donors (Lipinski definition) is 2. The van der Waals surface area contributed by atoms with Gasteiger partial charge in [-0.25, -0.2) is 0 Å². The van der Waals surface area contributed by atoms with Gasteiger partial charge in [0.05, 0.1) is 5.56 Å². The number of rotatable bonds is 5. The molecular weight excluding hydrogens is 302 g/mol. The Morgan fingerprint density at radius 3 is 2.91 bits per heavy atom. The third-order valence-corrected chi connectivity index (χ3v) is 4.11.